The molecule has 4 nitrogen and oxygen atoms in total. The first-order valence-electron chi connectivity index (χ1n) is 5.77. The van der Waals surface area contributed by atoms with Crippen LogP contribution >= 0.6 is 0 Å². The zero-order chi connectivity index (χ0) is 12.8. The summed E-state index contributed by atoms with van der Waals surface area (Å²) >= 11 is 0. The molecule has 0 aliphatic heterocycles. The molecule has 0 aliphatic carbocycles. The number of carbonyl (C=O) groups excluding carboxylic acids is 1. The van der Waals surface area contributed by atoms with Crippen molar-refractivity contribution in [2.75, 3.05) is 20.1 Å². The Morgan fingerprint density at radius 2 is 2.12 bits per heavy atom. The van der Waals surface area contributed by atoms with Crippen LogP contribution in [0.4, 0.5) is 0 Å². The summed E-state index contributed by atoms with van der Waals surface area (Å²) in [7, 11) is 1.89. The second-order valence-electron chi connectivity index (χ2n) is 4.37. The van der Waals surface area contributed by atoms with Crippen LogP contribution in [0.3, 0.4) is 0 Å². The average Bonchev–Trinajstić information content (AvgIpc) is 2.26. The molecule has 1 rings (SSSR count). The maximum Gasteiger partial charge on any atom is 0.251 e. The van der Waals surface area contributed by atoms with Gasteiger partial charge in [-0.1, -0.05) is 6.92 Å². The molecule has 4 heteroatoms. The minimum absolute atomic E-state index is 0.0922. The van der Waals surface area contributed by atoms with Gasteiger partial charge in [0.15, 0.2) is 0 Å². The van der Waals surface area contributed by atoms with Gasteiger partial charge in [-0.2, -0.15) is 0 Å². The number of aromatic hydroxyl groups is 1. The van der Waals surface area contributed by atoms with Crippen molar-refractivity contribution in [3.8, 4) is 5.75 Å². The van der Waals surface area contributed by atoms with Gasteiger partial charge in [0, 0.05) is 12.1 Å². The molecule has 94 valence electrons. The summed E-state index contributed by atoms with van der Waals surface area (Å²) in [5.74, 6) is 0.481. The van der Waals surface area contributed by atoms with Gasteiger partial charge >= 0.3 is 0 Å². The van der Waals surface area contributed by atoms with Crippen LogP contribution in [0.1, 0.15) is 22.8 Å². The minimum Gasteiger partial charge on any atom is -0.508 e. The maximum absolute atomic E-state index is 11.9. The Kier molecular flexibility index (Phi) is 4.97. The van der Waals surface area contributed by atoms with Crippen molar-refractivity contribution < 1.29 is 9.90 Å². The van der Waals surface area contributed by atoms with E-state index in [2.05, 4.69) is 17.6 Å². The van der Waals surface area contributed by atoms with E-state index < -0.39 is 0 Å². The third kappa shape index (κ3) is 4.07. The normalized spacial score (nSPS) is 12.2. The monoisotopic (exact) mass is 236 g/mol. The van der Waals surface area contributed by atoms with E-state index in [1.807, 2.05) is 14.0 Å². The highest BCUT2D eigenvalue weighted by atomic mass is 16.3. The van der Waals surface area contributed by atoms with Gasteiger partial charge in [-0.3, -0.25) is 4.79 Å². The second kappa shape index (κ2) is 6.25. The van der Waals surface area contributed by atoms with E-state index in [9.17, 15) is 9.90 Å². The molecule has 0 aromatic heterocycles. The number of nitrogens with one attached hydrogen (secondary N) is 2. The quantitative estimate of drug-likeness (QED) is 0.722. The van der Waals surface area contributed by atoms with Crippen LogP contribution in [0.15, 0.2) is 18.2 Å². The van der Waals surface area contributed by atoms with Gasteiger partial charge in [0.25, 0.3) is 5.91 Å². The van der Waals surface area contributed by atoms with E-state index in [4.69, 9.17) is 0 Å². The molecule has 0 fully saturated rings. The van der Waals surface area contributed by atoms with Gasteiger partial charge in [0.1, 0.15) is 5.75 Å². The molecular formula is C13H20N2O2. The zero-order valence-corrected chi connectivity index (χ0v) is 10.6. The van der Waals surface area contributed by atoms with Crippen molar-refractivity contribution in [3.63, 3.8) is 0 Å². The molecule has 1 unspecified atom stereocenters. The third-order valence-corrected chi connectivity index (χ3v) is 2.62. The number of hydrogen-bond donors (Lipinski definition) is 3. The number of amides is 1. The fourth-order valence-electron chi connectivity index (χ4n) is 1.69. The van der Waals surface area contributed by atoms with Gasteiger partial charge in [0.05, 0.1) is 0 Å². The van der Waals surface area contributed by atoms with Gasteiger partial charge in [-0.25, -0.2) is 0 Å². The summed E-state index contributed by atoms with van der Waals surface area (Å²) < 4.78 is 0. The molecule has 0 aliphatic rings. The largest absolute Gasteiger partial charge is 0.508 e. The first-order chi connectivity index (χ1) is 8.04. The van der Waals surface area contributed by atoms with Crippen molar-refractivity contribution in [1.82, 2.24) is 10.6 Å². The average molecular weight is 236 g/mol. The van der Waals surface area contributed by atoms with Crippen LogP contribution in [-0.4, -0.2) is 31.2 Å². The van der Waals surface area contributed by atoms with E-state index >= 15 is 0 Å². The molecular weight excluding hydrogens is 216 g/mol. The van der Waals surface area contributed by atoms with Crippen molar-refractivity contribution in [3.05, 3.63) is 29.3 Å². The molecule has 0 radical (unpaired) electrons. The summed E-state index contributed by atoms with van der Waals surface area (Å²) in [5.41, 5.74) is 1.39. The maximum atomic E-state index is 11.9. The van der Waals surface area contributed by atoms with E-state index in [1.165, 1.54) is 6.07 Å². The highest BCUT2D eigenvalue weighted by Gasteiger charge is 2.10. The van der Waals surface area contributed by atoms with E-state index in [-0.39, 0.29) is 11.7 Å². The Morgan fingerprint density at radius 3 is 2.71 bits per heavy atom. The molecule has 0 saturated carbocycles. The first kappa shape index (κ1) is 13.5. The number of benzene rings is 1. The zero-order valence-electron chi connectivity index (χ0n) is 10.6. The SMILES string of the molecule is CNCC(C)CNC(=O)c1ccc(O)cc1C. The molecule has 0 heterocycles. The number of hydrogen-bond acceptors (Lipinski definition) is 3. The van der Waals surface area contributed by atoms with Crippen LogP contribution < -0.4 is 10.6 Å². The van der Waals surface area contributed by atoms with Crippen molar-refractivity contribution in [2.45, 2.75) is 13.8 Å². The topological polar surface area (TPSA) is 61.4 Å². The first-order valence-corrected chi connectivity index (χ1v) is 5.77. The molecule has 0 spiro atoms. The molecule has 3 N–H and O–H groups in total. The Hall–Kier alpha value is -1.55. The smallest absolute Gasteiger partial charge is 0.251 e. The van der Waals surface area contributed by atoms with Crippen molar-refractivity contribution in [1.29, 1.82) is 0 Å². The summed E-state index contributed by atoms with van der Waals surface area (Å²) in [6.07, 6.45) is 0. The number of aryl methyl sites for hydroxylation is 1. The van der Waals surface area contributed by atoms with Crippen molar-refractivity contribution >= 4 is 5.91 Å². The molecule has 1 atom stereocenters. The number of carbonyl (C=O) groups is 1. The summed E-state index contributed by atoms with van der Waals surface area (Å²) in [6.45, 7) is 5.39. The van der Waals surface area contributed by atoms with Crippen LogP contribution in [0.25, 0.3) is 0 Å². The van der Waals surface area contributed by atoms with Crippen LogP contribution in [-0.2, 0) is 0 Å². The molecule has 1 aromatic carbocycles. The highest BCUT2D eigenvalue weighted by Crippen LogP contribution is 2.15. The van der Waals surface area contributed by atoms with Crippen LogP contribution in [0, 0.1) is 12.8 Å². The van der Waals surface area contributed by atoms with Crippen LogP contribution in [0.5, 0.6) is 5.75 Å². The van der Waals surface area contributed by atoms with E-state index in [1.54, 1.807) is 12.1 Å². The predicted octanol–water partition coefficient (Wildman–Crippen LogP) is 1.29. The molecule has 1 amide bonds. The van der Waals surface area contributed by atoms with Gasteiger partial charge < -0.3 is 15.7 Å². The lowest BCUT2D eigenvalue weighted by Gasteiger charge is -2.13. The Labute approximate surface area is 102 Å². The van der Waals surface area contributed by atoms with Crippen molar-refractivity contribution in [2.24, 2.45) is 5.92 Å². The molecule has 1 aromatic rings. The Morgan fingerprint density at radius 1 is 1.41 bits per heavy atom. The second-order valence-corrected chi connectivity index (χ2v) is 4.37. The standard InChI is InChI=1S/C13H20N2O2/c1-9(7-14-3)8-15-13(17)12-5-4-11(16)6-10(12)2/h4-6,9,14,16H,7-8H2,1-3H3,(H,15,17). The van der Waals surface area contributed by atoms with Gasteiger partial charge in [-0.05, 0) is 50.2 Å². The number of phenolic OH excluding ortho intramolecular Hbond substituents is 1. The van der Waals surface area contributed by atoms with E-state index in [0.29, 0.717) is 18.0 Å². The summed E-state index contributed by atoms with van der Waals surface area (Å²) in [4.78, 5) is 11.9. The number of rotatable bonds is 5. The lowest BCUT2D eigenvalue weighted by molar-refractivity contribution is 0.0947. The summed E-state index contributed by atoms with van der Waals surface area (Å²) in [5, 5.41) is 15.2. The van der Waals surface area contributed by atoms with Gasteiger partial charge in [0.2, 0.25) is 0 Å². The number of phenols is 1. The fraction of sp³-hybridized carbons (Fsp3) is 0.462. The third-order valence-electron chi connectivity index (χ3n) is 2.62. The minimum atomic E-state index is -0.0922. The lowest BCUT2D eigenvalue weighted by atomic mass is 10.1. The Bertz CT molecular complexity index is 391. The summed E-state index contributed by atoms with van der Waals surface area (Å²) in [6, 6.07) is 4.76. The lowest BCUT2D eigenvalue weighted by Crippen LogP contribution is -2.32. The fourth-order valence-corrected chi connectivity index (χ4v) is 1.69. The van der Waals surface area contributed by atoms with Crippen LogP contribution in [0.2, 0.25) is 0 Å². The highest BCUT2D eigenvalue weighted by molar-refractivity contribution is 5.95. The predicted molar refractivity (Wildman–Crippen MR) is 68.3 cm³/mol. The molecule has 0 bridgehead atoms. The van der Waals surface area contributed by atoms with E-state index in [0.717, 1.165) is 12.1 Å². The molecule has 0 saturated heterocycles. The van der Waals surface area contributed by atoms with Gasteiger partial charge in [-0.15, -0.1) is 0 Å². The Balaban J connectivity index is 2.58. The molecule has 17 heavy (non-hydrogen) atoms.